The largest absolute Gasteiger partial charge is 0.481 e. The van der Waals surface area contributed by atoms with Gasteiger partial charge in [0, 0.05) is 16.8 Å². The van der Waals surface area contributed by atoms with Gasteiger partial charge in [0.25, 0.3) is 0 Å². The molecule has 0 atom stereocenters. The van der Waals surface area contributed by atoms with E-state index in [0.29, 0.717) is 6.42 Å². The van der Waals surface area contributed by atoms with Crippen LogP contribution in [-0.2, 0) is 17.6 Å². The molecule has 4 nitrogen and oxygen atoms in total. The van der Waals surface area contributed by atoms with Crippen molar-refractivity contribution >= 4 is 22.3 Å². The lowest BCUT2D eigenvalue weighted by Crippen LogP contribution is -2.01. The number of carbonyl (C=O) groups is 1. The van der Waals surface area contributed by atoms with Gasteiger partial charge in [-0.05, 0) is 12.8 Å². The molecule has 0 aromatic carbocycles. The summed E-state index contributed by atoms with van der Waals surface area (Å²) >= 11 is 1.56. The Hall–Kier alpha value is -1.36. The van der Waals surface area contributed by atoms with E-state index in [-0.39, 0.29) is 6.42 Å². The molecule has 2 aromatic rings. The quantitative estimate of drug-likeness (QED) is 0.863. The molecule has 2 heterocycles. The van der Waals surface area contributed by atoms with E-state index < -0.39 is 5.97 Å². The summed E-state index contributed by atoms with van der Waals surface area (Å²) in [5.74, 6) is -0.757. The van der Waals surface area contributed by atoms with Gasteiger partial charge in [0.1, 0.15) is 0 Å². The molecule has 2 aromatic heterocycles. The predicted octanol–water partition coefficient (Wildman–Crippen LogP) is 1.98. The molecule has 1 N–H and O–H groups in total. The SMILES string of the molecule is CCc1cnc2scc(CCC(=O)O)n12. The van der Waals surface area contributed by atoms with Crippen LogP contribution in [0.1, 0.15) is 24.7 Å². The van der Waals surface area contributed by atoms with Crippen LogP contribution in [-0.4, -0.2) is 20.5 Å². The average molecular weight is 224 g/mol. The van der Waals surface area contributed by atoms with Crippen LogP contribution in [0.3, 0.4) is 0 Å². The Balaban J connectivity index is 2.33. The van der Waals surface area contributed by atoms with Crippen LogP contribution in [0.15, 0.2) is 11.6 Å². The molecule has 0 unspecified atom stereocenters. The summed E-state index contributed by atoms with van der Waals surface area (Å²) in [5, 5.41) is 10.6. The van der Waals surface area contributed by atoms with Crippen molar-refractivity contribution in [2.45, 2.75) is 26.2 Å². The van der Waals surface area contributed by atoms with Crippen molar-refractivity contribution in [2.75, 3.05) is 0 Å². The van der Waals surface area contributed by atoms with Gasteiger partial charge in [0.2, 0.25) is 0 Å². The van der Waals surface area contributed by atoms with Crippen LogP contribution in [0.5, 0.6) is 0 Å². The first-order chi connectivity index (χ1) is 7.22. The third-order valence-electron chi connectivity index (χ3n) is 2.35. The Kier molecular flexibility index (Phi) is 2.73. The third-order valence-corrected chi connectivity index (χ3v) is 3.24. The van der Waals surface area contributed by atoms with Crippen LogP contribution in [0.25, 0.3) is 4.96 Å². The fraction of sp³-hybridized carbons (Fsp3) is 0.400. The lowest BCUT2D eigenvalue weighted by atomic mass is 10.2. The standard InChI is InChI=1S/C10H12N2O2S/c1-2-7-5-11-10-12(7)8(6-15-10)3-4-9(13)14/h5-6H,2-4H2,1H3,(H,13,14). The molecule has 0 bridgehead atoms. The molecule has 0 spiro atoms. The summed E-state index contributed by atoms with van der Waals surface area (Å²) in [4.78, 5) is 15.7. The molecule has 0 fully saturated rings. The van der Waals surface area contributed by atoms with Crippen LogP contribution < -0.4 is 0 Å². The van der Waals surface area contributed by atoms with Gasteiger partial charge in [0.05, 0.1) is 12.6 Å². The van der Waals surface area contributed by atoms with Crippen molar-refractivity contribution in [1.29, 1.82) is 0 Å². The smallest absolute Gasteiger partial charge is 0.303 e. The van der Waals surface area contributed by atoms with Gasteiger partial charge in [-0.3, -0.25) is 9.20 Å². The Labute approximate surface area is 91.2 Å². The molecule has 0 aliphatic heterocycles. The molecule has 0 aliphatic carbocycles. The zero-order valence-electron chi connectivity index (χ0n) is 8.43. The molecule has 0 saturated heterocycles. The van der Waals surface area contributed by atoms with Gasteiger partial charge in [-0.25, -0.2) is 4.98 Å². The van der Waals surface area contributed by atoms with Crippen LogP contribution in [0, 0.1) is 0 Å². The van der Waals surface area contributed by atoms with E-state index >= 15 is 0 Å². The fourth-order valence-electron chi connectivity index (χ4n) is 1.59. The van der Waals surface area contributed by atoms with Gasteiger partial charge < -0.3 is 5.11 Å². The lowest BCUT2D eigenvalue weighted by Gasteiger charge is -1.99. The minimum absolute atomic E-state index is 0.174. The topological polar surface area (TPSA) is 54.6 Å². The van der Waals surface area contributed by atoms with E-state index in [2.05, 4.69) is 16.3 Å². The number of aryl methyl sites for hydroxylation is 2. The number of carboxylic acid groups (broad SMARTS) is 1. The first-order valence-electron chi connectivity index (χ1n) is 4.87. The van der Waals surface area contributed by atoms with Crippen molar-refractivity contribution < 1.29 is 9.90 Å². The highest BCUT2D eigenvalue weighted by atomic mass is 32.1. The average Bonchev–Trinajstić information content (AvgIpc) is 2.75. The summed E-state index contributed by atoms with van der Waals surface area (Å²) in [5.41, 5.74) is 2.19. The number of hydrogen-bond donors (Lipinski definition) is 1. The predicted molar refractivity (Wildman–Crippen MR) is 58.4 cm³/mol. The minimum atomic E-state index is -0.757. The fourth-order valence-corrected chi connectivity index (χ4v) is 2.51. The third kappa shape index (κ3) is 1.87. The summed E-state index contributed by atoms with van der Waals surface area (Å²) in [7, 11) is 0. The number of imidazole rings is 1. The van der Waals surface area contributed by atoms with Crippen molar-refractivity contribution in [3.63, 3.8) is 0 Å². The van der Waals surface area contributed by atoms with Gasteiger partial charge in [-0.2, -0.15) is 0 Å². The number of carboxylic acids is 1. The van der Waals surface area contributed by atoms with Gasteiger partial charge in [0.15, 0.2) is 4.96 Å². The van der Waals surface area contributed by atoms with E-state index in [1.807, 2.05) is 11.6 Å². The maximum Gasteiger partial charge on any atom is 0.303 e. The number of rotatable bonds is 4. The first-order valence-corrected chi connectivity index (χ1v) is 5.74. The molecule has 0 radical (unpaired) electrons. The lowest BCUT2D eigenvalue weighted by molar-refractivity contribution is -0.136. The van der Waals surface area contributed by atoms with Gasteiger partial charge >= 0.3 is 5.97 Å². The number of aliphatic carboxylic acids is 1. The van der Waals surface area contributed by atoms with Crippen LogP contribution >= 0.6 is 11.3 Å². The van der Waals surface area contributed by atoms with E-state index in [4.69, 9.17) is 5.11 Å². The first kappa shape index (κ1) is 10.2. The van der Waals surface area contributed by atoms with E-state index in [9.17, 15) is 4.79 Å². The van der Waals surface area contributed by atoms with Crippen LogP contribution in [0.2, 0.25) is 0 Å². The normalized spacial score (nSPS) is 11.0. The summed E-state index contributed by atoms with van der Waals surface area (Å²) in [6, 6.07) is 0. The Morgan fingerprint density at radius 3 is 3.07 bits per heavy atom. The molecule has 0 saturated carbocycles. The van der Waals surface area contributed by atoms with E-state index in [0.717, 1.165) is 22.8 Å². The van der Waals surface area contributed by atoms with Crippen LogP contribution in [0.4, 0.5) is 0 Å². The zero-order valence-corrected chi connectivity index (χ0v) is 9.25. The van der Waals surface area contributed by atoms with Crippen molar-refractivity contribution in [1.82, 2.24) is 9.38 Å². The number of aromatic nitrogens is 2. The second-order valence-electron chi connectivity index (χ2n) is 3.34. The number of fused-ring (bicyclic) bond motifs is 1. The second kappa shape index (κ2) is 4.02. The molecular weight excluding hydrogens is 212 g/mol. The van der Waals surface area contributed by atoms with E-state index in [1.165, 1.54) is 0 Å². The van der Waals surface area contributed by atoms with Gasteiger partial charge in [-0.1, -0.05) is 6.92 Å². The molecule has 2 rings (SSSR count). The summed E-state index contributed by atoms with van der Waals surface area (Å²) < 4.78 is 2.06. The molecule has 0 aliphatic rings. The molecule has 15 heavy (non-hydrogen) atoms. The highest BCUT2D eigenvalue weighted by molar-refractivity contribution is 7.15. The Bertz CT molecular complexity index is 487. The number of hydrogen-bond acceptors (Lipinski definition) is 3. The maximum atomic E-state index is 10.5. The molecule has 80 valence electrons. The molecule has 0 amide bonds. The van der Waals surface area contributed by atoms with Crippen molar-refractivity contribution in [3.05, 3.63) is 23.0 Å². The summed E-state index contributed by atoms with van der Waals surface area (Å²) in [6.07, 6.45) is 3.51. The molecule has 5 heteroatoms. The Morgan fingerprint density at radius 2 is 2.40 bits per heavy atom. The minimum Gasteiger partial charge on any atom is -0.481 e. The van der Waals surface area contributed by atoms with Crippen molar-refractivity contribution in [3.8, 4) is 0 Å². The summed E-state index contributed by atoms with van der Waals surface area (Å²) in [6.45, 7) is 2.07. The van der Waals surface area contributed by atoms with E-state index in [1.54, 1.807) is 11.3 Å². The highest BCUT2D eigenvalue weighted by Crippen LogP contribution is 2.19. The highest BCUT2D eigenvalue weighted by Gasteiger charge is 2.09. The zero-order chi connectivity index (χ0) is 10.8. The number of thiazole rings is 1. The van der Waals surface area contributed by atoms with Gasteiger partial charge in [-0.15, -0.1) is 11.3 Å². The van der Waals surface area contributed by atoms with Crippen molar-refractivity contribution in [2.24, 2.45) is 0 Å². The Morgan fingerprint density at radius 1 is 1.60 bits per heavy atom. The second-order valence-corrected chi connectivity index (χ2v) is 4.18. The number of nitrogens with zero attached hydrogens (tertiary/aromatic N) is 2. The molecular formula is C10H12N2O2S. The maximum absolute atomic E-state index is 10.5. The monoisotopic (exact) mass is 224 g/mol.